The van der Waals surface area contributed by atoms with Gasteiger partial charge in [0.25, 0.3) is 0 Å². The summed E-state index contributed by atoms with van der Waals surface area (Å²) in [5.74, 6) is 0. The van der Waals surface area contributed by atoms with Crippen LogP contribution in [0.4, 0.5) is 0 Å². The van der Waals surface area contributed by atoms with E-state index in [1.165, 1.54) is 26.7 Å². The summed E-state index contributed by atoms with van der Waals surface area (Å²) in [5.41, 5.74) is 0. The summed E-state index contributed by atoms with van der Waals surface area (Å²) in [6.07, 6.45) is 0. The molecule has 6 aromatic carbocycles. The van der Waals surface area contributed by atoms with Crippen molar-refractivity contribution in [3.63, 3.8) is 0 Å². The summed E-state index contributed by atoms with van der Waals surface area (Å²) in [5, 5.41) is 0. The first-order chi connectivity index (χ1) is 20.8. The van der Waals surface area contributed by atoms with Gasteiger partial charge in [0, 0.05) is 0 Å². The molecule has 0 fully saturated rings. The first kappa shape index (κ1) is 27.1. The van der Waals surface area contributed by atoms with Gasteiger partial charge in [-0.2, -0.15) is 0 Å². The Balaban J connectivity index is 1.80. The Bertz CT molecular complexity index is 1860. The van der Waals surface area contributed by atoms with Gasteiger partial charge in [0.05, 0.1) is 0 Å². The third kappa shape index (κ3) is 4.68. The number of hydrogen-bond acceptors (Lipinski definition) is 2. The van der Waals surface area contributed by atoms with Gasteiger partial charge < -0.3 is 0 Å². The first-order valence-electron chi connectivity index (χ1n) is 14.1. The molecular formula is C37H31N2S2Sn+. The molecule has 0 amide bonds. The van der Waals surface area contributed by atoms with Gasteiger partial charge >= 0.3 is 257 Å². The van der Waals surface area contributed by atoms with Crippen LogP contribution >= 0.6 is 0 Å². The van der Waals surface area contributed by atoms with Crippen LogP contribution in [0.2, 0.25) is 0 Å². The van der Waals surface area contributed by atoms with Gasteiger partial charge in [-0.25, -0.2) is 0 Å². The van der Waals surface area contributed by atoms with E-state index in [0.717, 1.165) is 0 Å². The summed E-state index contributed by atoms with van der Waals surface area (Å²) in [6, 6.07) is 65.9. The Morgan fingerprint density at radius 1 is 0.405 bits per heavy atom. The van der Waals surface area contributed by atoms with Crippen molar-refractivity contribution in [2.45, 2.75) is 19.6 Å². The zero-order chi connectivity index (χ0) is 28.3. The van der Waals surface area contributed by atoms with E-state index in [0.29, 0.717) is 0 Å². The van der Waals surface area contributed by atoms with Crippen LogP contribution in [-0.2, 0) is 19.2 Å². The summed E-state index contributed by atoms with van der Waals surface area (Å²) >= 11 is -4.26. The number of nitrogens with zero attached hydrogens (tertiary/aromatic N) is 2. The predicted molar refractivity (Wildman–Crippen MR) is 182 cm³/mol. The van der Waals surface area contributed by atoms with Gasteiger partial charge in [0.15, 0.2) is 0 Å². The summed E-state index contributed by atoms with van der Waals surface area (Å²) in [4.78, 5) is 5.01. The summed E-state index contributed by atoms with van der Waals surface area (Å²) < 4.78 is 17.7. The predicted octanol–water partition coefficient (Wildman–Crippen LogP) is 7.93. The number of rotatable bonds is 6. The SMILES string of the molecule is C1=S(c2ccccc2)(c2ccccc2)=[N][Sn]([c]2ccccc2)([c]2ccccc2)[N]=[S+]1(c1ccccc1)c1ccccc1. The number of hydrogen-bond donors (Lipinski definition) is 0. The monoisotopic (exact) mass is 687 g/mol. The minimum absolute atomic E-state index is 1.25. The van der Waals surface area contributed by atoms with Crippen molar-refractivity contribution >= 4 is 50.0 Å². The van der Waals surface area contributed by atoms with Crippen LogP contribution in [0.3, 0.4) is 0 Å². The Kier molecular flexibility index (Phi) is 7.44. The maximum absolute atomic E-state index is 6.26. The van der Waals surface area contributed by atoms with Gasteiger partial charge in [0.1, 0.15) is 0 Å². The Morgan fingerprint density at radius 2 is 0.738 bits per heavy atom. The molecule has 0 aromatic heterocycles. The quantitative estimate of drug-likeness (QED) is 0.0967. The van der Waals surface area contributed by atoms with Crippen LogP contribution in [0.1, 0.15) is 0 Å². The molecule has 0 aliphatic carbocycles. The van der Waals surface area contributed by atoms with Crippen molar-refractivity contribution in [2.75, 3.05) is 0 Å². The van der Waals surface area contributed by atoms with Crippen LogP contribution in [0.5, 0.6) is 0 Å². The van der Waals surface area contributed by atoms with Crippen molar-refractivity contribution in [2.24, 2.45) is 5.17 Å². The average Bonchev–Trinajstić information content (AvgIpc) is 3.10. The Morgan fingerprint density at radius 3 is 1.12 bits per heavy atom. The molecule has 2 nitrogen and oxygen atoms in total. The van der Waals surface area contributed by atoms with Crippen molar-refractivity contribution in [3.8, 4) is 0 Å². The van der Waals surface area contributed by atoms with Crippen LogP contribution in [-0.4, -0.2) is 23.6 Å². The topological polar surface area (TPSA) is 24.7 Å². The Labute approximate surface area is 255 Å². The standard InChI is InChI=1S/C25H21N2S2.2C6H5.Sn/c26-28(22-13-5-1-6-14-22,23-15-7-2-8-16-23)21-29(27,24-17-9-3-10-18-24)25-19-11-4-12-20-25;2*1-2-4-6-5-3-1;/h1-21H;2*1-5H;/q-1;;;+2. The van der Waals surface area contributed by atoms with Gasteiger partial charge in [0.2, 0.25) is 0 Å². The van der Waals surface area contributed by atoms with Crippen molar-refractivity contribution < 1.29 is 0 Å². The van der Waals surface area contributed by atoms with Crippen molar-refractivity contribution in [1.29, 1.82) is 0 Å². The molecule has 42 heavy (non-hydrogen) atoms. The number of benzene rings is 6. The van der Waals surface area contributed by atoms with Crippen molar-refractivity contribution in [3.05, 3.63) is 182 Å². The van der Waals surface area contributed by atoms with Crippen LogP contribution < -0.4 is 7.16 Å². The molecule has 1 aliphatic heterocycles. The van der Waals surface area contributed by atoms with E-state index >= 15 is 0 Å². The molecular weight excluding hydrogens is 655 g/mol. The molecule has 0 spiro atoms. The molecule has 1 heterocycles. The molecule has 0 atom stereocenters. The van der Waals surface area contributed by atoms with Crippen molar-refractivity contribution in [1.82, 2.24) is 0 Å². The molecule has 1 aliphatic rings. The van der Waals surface area contributed by atoms with Gasteiger partial charge in [-0.15, -0.1) is 0 Å². The summed E-state index contributed by atoms with van der Waals surface area (Å²) in [6.45, 7) is 0. The van der Waals surface area contributed by atoms with E-state index < -0.39 is 38.2 Å². The fraction of sp³-hybridized carbons (Fsp3) is 0. The third-order valence-electron chi connectivity index (χ3n) is 7.59. The fourth-order valence-corrected chi connectivity index (χ4v) is 36.1. The second-order valence-corrected chi connectivity index (χ2v) is 26.0. The van der Waals surface area contributed by atoms with E-state index in [4.69, 9.17) is 5.17 Å². The van der Waals surface area contributed by atoms with Crippen LogP contribution in [0.25, 0.3) is 0 Å². The summed E-state index contributed by atoms with van der Waals surface area (Å²) in [7, 11) is -4.05. The van der Waals surface area contributed by atoms with Gasteiger partial charge in [-0.05, 0) is 0 Å². The molecule has 0 saturated carbocycles. The molecule has 0 unspecified atom stereocenters. The zero-order valence-electron chi connectivity index (χ0n) is 23.1. The fourth-order valence-electron chi connectivity index (χ4n) is 5.61. The normalized spacial score (nSPS) is 16.3. The minimum atomic E-state index is -4.26. The van der Waals surface area contributed by atoms with Gasteiger partial charge in [-0.1, -0.05) is 0 Å². The first-order valence-corrected chi connectivity index (χ1v) is 22.8. The molecule has 0 radical (unpaired) electrons. The van der Waals surface area contributed by atoms with Crippen LogP contribution in [0.15, 0.2) is 207 Å². The Hall–Kier alpha value is -3.71. The second-order valence-electron chi connectivity index (χ2n) is 10.2. The van der Waals surface area contributed by atoms with E-state index in [2.05, 4.69) is 187 Å². The third-order valence-corrected chi connectivity index (χ3v) is 30.8. The molecule has 5 heteroatoms. The molecule has 204 valence electrons. The second kappa shape index (κ2) is 11.5. The molecule has 0 bridgehead atoms. The molecule has 0 N–H and O–H groups in total. The molecule has 0 saturated heterocycles. The molecule has 6 aromatic rings. The zero-order valence-corrected chi connectivity index (χ0v) is 27.6. The van der Waals surface area contributed by atoms with Gasteiger partial charge in [-0.3, -0.25) is 0 Å². The van der Waals surface area contributed by atoms with E-state index in [9.17, 15) is 0 Å². The van der Waals surface area contributed by atoms with E-state index in [1.54, 1.807) is 0 Å². The van der Waals surface area contributed by atoms with E-state index in [-0.39, 0.29) is 0 Å². The molecule has 7 rings (SSSR count). The average molecular weight is 687 g/mol. The maximum atomic E-state index is 6.26. The van der Waals surface area contributed by atoms with E-state index in [1.807, 2.05) is 0 Å². The van der Waals surface area contributed by atoms with Crippen LogP contribution in [0, 0.1) is 0 Å².